The fourth-order valence-electron chi connectivity index (χ4n) is 3.33. The van der Waals surface area contributed by atoms with Crippen molar-refractivity contribution in [1.82, 2.24) is 25.0 Å². The number of aromatic nitrogens is 3. The molecule has 0 saturated carbocycles. The van der Waals surface area contributed by atoms with Gasteiger partial charge >= 0.3 is 6.09 Å². The van der Waals surface area contributed by atoms with E-state index in [9.17, 15) is 4.79 Å². The molecule has 0 atom stereocenters. The summed E-state index contributed by atoms with van der Waals surface area (Å²) >= 11 is 11.6. The van der Waals surface area contributed by atoms with Crippen molar-refractivity contribution in [1.29, 1.82) is 0 Å². The van der Waals surface area contributed by atoms with Crippen LogP contribution < -0.4 is 10.1 Å². The zero-order chi connectivity index (χ0) is 21.9. The van der Waals surface area contributed by atoms with E-state index in [0.29, 0.717) is 28.0 Å². The van der Waals surface area contributed by atoms with Gasteiger partial charge in [0, 0.05) is 24.2 Å². The van der Waals surface area contributed by atoms with E-state index in [4.69, 9.17) is 33.3 Å². The van der Waals surface area contributed by atoms with Crippen LogP contribution in [0.1, 0.15) is 33.6 Å². The van der Waals surface area contributed by atoms with Gasteiger partial charge in [-0.15, -0.1) is 0 Å². The SMILES string of the molecule is COc1ccc(Cl)cc1-c1nc(=S)n(CN2CCC(NC(=O)OC(C)(C)C)CC2)[nH]1. The van der Waals surface area contributed by atoms with Crippen molar-refractivity contribution in [3.05, 3.63) is 28.0 Å². The quantitative estimate of drug-likeness (QED) is 0.659. The Balaban J connectivity index is 1.59. The highest BCUT2D eigenvalue weighted by atomic mass is 35.5. The Morgan fingerprint density at radius 3 is 2.70 bits per heavy atom. The molecule has 0 radical (unpaired) electrons. The average Bonchev–Trinajstić information content (AvgIpc) is 3.02. The van der Waals surface area contributed by atoms with Crippen molar-refractivity contribution in [3.8, 4) is 17.1 Å². The minimum atomic E-state index is -0.495. The van der Waals surface area contributed by atoms with Gasteiger partial charge in [0.1, 0.15) is 11.4 Å². The topological polar surface area (TPSA) is 84.4 Å². The highest BCUT2D eigenvalue weighted by molar-refractivity contribution is 7.71. The number of nitrogens with one attached hydrogen (secondary N) is 2. The van der Waals surface area contributed by atoms with Crippen LogP contribution in [0.25, 0.3) is 11.4 Å². The van der Waals surface area contributed by atoms with Crippen LogP contribution in [-0.2, 0) is 11.4 Å². The number of piperidine rings is 1. The summed E-state index contributed by atoms with van der Waals surface area (Å²) in [5, 5.41) is 6.80. The minimum Gasteiger partial charge on any atom is -0.496 e. The molecule has 1 aliphatic heterocycles. The Morgan fingerprint density at radius 2 is 2.07 bits per heavy atom. The van der Waals surface area contributed by atoms with Gasteiger partial charge in [0.2, 0.25) is 4.77 Å². The third kappa shape index (κ3) is 5.96. The second-order valence-electron chi connectivity index (χ2n) is 8.31. The highest BCUT2D eigenvalue weighted by Crippen LogP contribution is 2.30. The van der Waals surface area contributed by atoms with Crippen molar-refractivity contribution in [2.45, 2.75) is 51.9 Å². The number of H-pyrrole nitrogens is 1. The van der Waals surface area contributed by atoms with E-state index >= 15 is 0 Å². The fraction of sp³-hybridized carbons (Fsp3) is 0.550. The Labute approximate surface area is 186 Å². The third-order valence-electron chi connectivity index (χ3n) is 4.75. The van der Waals surface area contributed by atoms with E-state index in [1.165, 1.54) is 0 Å². The number of alkyl carbamates (subject to hydrolysis) is 1. The smallest absolute Gasteiger partial charge is 0.407 e. The number of likely N-dealkylation sites (tertiary alicyclic amines) is 1. The standard InChI is InChI=1S/C20H28ClN5O3S/c1-20(2,3)29-19(27)22-14-7-9-25(10-8-14)12-26-18(30)23-17(24-26)15-11-13(21)5-6-16(15)28-4/h5-6,11,14H,7-10,12H2,1-4H3,(H,22,27)(H,23,24,30). The van der Waals surface area contributed by atoms with Crippen molar-refractivity contribution >= 4 is 29.9 Å². The molecule has 3 rings (SSSR count). The van der Waals surface area contributed by atoms with Gasteiger partial charge in [-0.05, 0) is 64.0 Å². The minimum absolute atomic E-state index is 0.108. The molecule has 1 aliphatic rings. The first-order valence-electron chi connectivity index (χ1n) is 9.87. The van der Waals surface area contributed by atoms with Crippen LogP contribution in [0.2, 0.25) is 5.02 Å². The average molecular weight is 454 g/mol. The molecule has 10 heteroatoms. The number of carbonyl (C=O) groups excluding carboxylic acids is 1. The van der Waals surface area contributed by atoms with Crippen LogP contribution in [-0.4, -0.2) is 57.6 Å². The van der Waals surface area contributed by atoms with E-state index in [1.807, 2.05) is 25.5 Å². The molecule has 8 nitrogen and oxygen atoms in total. The lowest BCUT2D eigenvalue weighted by atomic mass is 10.1. The van der Waals surface area contributed by atoms with E-state index in [2.05, 4.69) is 20.3 Å². The molecule has 0 unspecified atom stereocenters. The summed E-state index contributed by atoms with van der Waals surface area (Å²) in [6.45, 7) is 7.82. The molecule has 0 aliphatic carbocycles. The van der Waals surface area contributed by atoms with E-state index < -0.39 is 5.60 Å². The van der Waals surface area contributed by atoms with E-state index in [0.717, 1.165) is 31.5 Å². The summed E-state index contributed by atoms with van der Waals surface area (Å²) in [4.78, 5) is 18.7. The summed E-state index contributed by atoms with van der Waals surface area (Å²) in [6, 6.07) is 5.48. The molecule has 1 saturated heterocycles. The molecule has 1 aromatic carbocycles. The van der Waals surface area contributed by atoms with Gasteiger partial charge in [-0.3, -0.25) is 10.00 Å². The van der Waals surface area contributed by atoms with E-state index in [1.54, 1.807) is 25.3 Å². The summed E-state index contributed by atoms with van der Waals surface area (Å²) < 4.78 is 13.0. The fourth-order valence-corrected chi connectivity index (χ4v) is 3.70. The van der Waals surface area contributed by atoms with Crippen molar-refractivity contribution in [3.63, 3.8) is 0 Å². The number of ether oxygens (including phenoxy) is 2. The van der Waals surface area contributed by atoms with Crippen LogP contribution in [0.5, 0.6) is 5.75 Å². The molecule has 164 valence electrons. The first kappa shape index (κ1) is 22.6. The van der Waals surface area contributed by atoms with Gasteiger partial charge in [0.05, 0.1) is 19.3 Å². The first-order valence-corrected chi connectivity index (χ1v) is 10.7. The molecular formula is C20H28ClN5O3S. The Bertz CT molecular complexity index is 945. The number of rotatable bonds is 5. The van der Waals surface area contributed by atoms with Crippen LogP contribution in [0, 0.1) is 4.77 Å². The zero-order valence-corrected chi connectivity index (χ0v) is 19.3. The van der Waals surface area contributed by atoms with E-state index in [-0.39, 0.29) is 12.1 Å². The van der Waals surface area contributed by atoms with Crippen LogP contribution >= 0.6 is 23.8 Å². The number of carbonyl (C=O) groups is 1. The number of methoxy groups -OCH3 is 1. The Morgan fingerprint density at radius 1 is 1.37 bits per heavy atom. The molecule has 2 heterocycles. The molecule has 2 N–H and O–H groups in total. The maximum atomic E-state index is 12.0. The number of nitrogens with zero attached hydrogens (tertiary/aromatic N) is 3. The number of hydrogen-bond acceptors (Lipinski definition) is 6. The lowest BCUT2D eigenvalue weighted by molar-refractivity contribution is 0.0470. The number of hydrogen-bond donors (Lipinski definition) is 2. The van der Waals surface area contributed by atoms with Crippen LogP contribution in [0.4, 0.5) is 4.79 Å². The summed E-state index contributed by atoms with van der Waals surface area (Å²) in [7, 11) is 1.60. The number of amides is 1. The molecule has 30 heavy (non-hydrogen) atoms. The van der Waals surface area contributed by atoms with Gasteiger partial charge in [-0.25, -0.2) is 9.48 Å². The van der Waals surface area contributed by atoms with Crippen LogP contribution in [0.15, 0.2) is 18.2 Å². The summed E-state index contributed by atoms with van der Waals surface area (Å²) in [5.74, 6) is 1.28. The second kappa shape index (κ2) is 9.36. The maximum Gasteiger partial charge on any atom is 0.407 e. The van der Waals surface area contributed by atoms with Crippen LogP contribution in [0.3, 0.4) is 0 Å². The monoisotopic (exact) mass is 453 g/mol. The highest BCUT2D eigenvalue weighted by Gasteiger charge is 2.24. The Hall–Kier alpha value is -2.10. The third-order valence-corrected chi connectivity index (χ3v) is 5.29. The molecule has 1 fully saturated rings. The molecule has 2 aromatic rings. The van der Waals surface area contributed by atoms with Crippen molar-refractivity contribution < 1.29 is 14.3 Å². The first-order chi connectivity index (χ1) is 14.1. The summed E-state index contributed by atoms with van der Waals surface area (Å²) in [6.07, 6.45) is 1.32. The number of halogens is 1. The molecular weight excluding hydrogens is 426 g/mol. The summed E-state index contributed by atoms with van der Waals surface area (Å²) in [5.41, 5.74) is 0.265. The van der Waals surface area contributed by atoms with Gasteiger partial charge in [0.15, 0.2) is 5.82 Å². The molecule has 1 aromatic heterocycles. The second-order valence-corrected chi connectivity index (χ2v) is 9.11. The van der Waals surface area contributed by atoms with Gasteiger partial charge in [-0.2, -0.15) is 4.98 Å². The lowest BCUT2D eigenvalue weighted by Crippen LogP contribution is -2.46. The molecule has 0 spiro atoms. The number of aromatic amines is 1. The molecule has 0 bridgehead atoms. The van der Waals surface area contributed by atoms with Crippen molar-refractivity contribution in [2.75, 3.05) is 20.2 Å². The number of benzene rings is 1. The zero-order valence-electron chi connectivity index (χ0n) is 17.7. The lowest BCUT2D eigenvalue weighted by Gasteiger charge is -2.32. The predicted octanol–water partition coefficient (Wildman–Crippen LogP) is 4.22. The Kier molecular flexibility index (Phi) is 7.05. The predicted molar refractivity (Wildman–Crippen MR) is 118 cm³/mol. The van der Waals surface area contributed by atoms with Gasteiger partial charge in [0.25, 0.3) is 0 Å². The van der Waals surface area contributed by atoms with Gasteiger partial charge in [-0.1, -0.05) is 11.6 Å². The largest absolute Gasteiger partial charge is 0.496 e. The van der Waals surface area contributed by atoms with Gasteiger partial charge < -0.3 is 14.8 Å². The normalized spacial score (nSPS) is 15.8. The van der Waals surface area contributed by atoms with Crippen molar-refractivity contribution in [2.24, 2.45) is 0 Å². The maximum absolute atomic E-state index is 12.0. The molecule has 1 amide bonds.